The van der Waals surface area contributed by atoms with Crippen LogP contribution in [0.3, 0.4) is 0 Å². The van der Waals surface area contributed by atoms with E-state index in [0.29, 0.717) is 13.2 Å². The topological polar surface area (TPSA) is 70.5 Å². The second-order valence-corrected chi connectivity index (χ2v) is 3.07. The lowest BCUT2D eigenvalue weighted by Crippen LogP contribution is -2.42. The average molecular weight is 160 g/mol. The van der Waals surface area contributed by atoms with Gasteiger partial charge in [-0.1, -0.05) is 0 Å². The monoisotopic (exact) mass is 160 g/mol. The van der Waals surface area contributed by atoms with Crippen molar-refractivity contribution in [3.05, 3.63) is 0 Å². The van der Waals surface area contributed by atoms with Crippen molar-refractivity contribution in [1.82, 2.24) is 0 Å². The molecule has 0 saturated carbocycles. The summed E-state index contributed by atoms with van der Waals surface area (Å²) in [5, 5.41) is 0. The van der Waals surface area contributed by atoms with Gasteiger partial charge < -0.3 is 20.9 Å². The smallest absolute Gasteiger partial charge is 0.159 e. The summed E-state index contributed by atoms with van der Waals surface area (Å²) in [4.78, 5) is 0. The zero-order valence-corrected chi connectivity index (χ0v) is 6.82. The van der Waals surface area contributed by atoms with E-state index < -0.39 is 0 Å². The lowest BCUT2D eigenvalue weighted by molar-refractivity contribution is -0.189. The average Bonchev–Trinajstić information content (AvgIpc) is 1.93. The fraction of sp³-hybridized carbons (Fsp3) is 1.00. The van der Waals surface area contributed by atoms with Gasteiger partial charge in [0.1, 0.15) is 0 Å². The lowest BCUT2D eigenvalue weighted by Gasteiger charge is -2.28. The molecule has 4 N–H and O–H groups in total. The highest BCUT2D eigenvalue weighted by molar-refractivity contribution is 4.66. The standard InChI is InChI=1S/C7H16N2O2/c1-5(8)2-7-10-3-6(9)4-11-7/h5-7H,2-4,8-9H2,1H3. The summed E-state index contributed by atoms with van der Waals surface area (Å²) in [7, 11) is 0. The van der Waals surface area contributed by atoms with Crippen molar-refractivity contribution in [2.45, 2.75) is 31.7 Å². The largest absolute Gasteiger partial charge is 0.351 e. The first-order chi connectivity index (χ1) is 5.18. The minimum atomic E-state index is -0.144. The maximum absolute atomic E-state index is 5.57. The molecule has 0 aromatic carbocycles. The van der Waals surface area contributed by atoms with E-state index in [9.17, 15) is 0 Å². The van der Waals surface area contributed by atoms with Crippen molar-refractivity contribution < 1.29 is 9.47 Å². The molecule has 1 atom stereocenters. The molecule has 0 amide bonds. The highest BCUT2D eigenvalue weighted by atomic mass is 16.7. The zero-order chi connectivity index (χ0) is 8.27. The van der Waals surface area contributed by atoms with Crippen LogP contribution in [0.25, 0.3) is 0 Å². The van der Waals surface area contributed by atoms with Gasteiger partial charge in [-0.05, 0) is 6.92 Å². The molecular weight excluding hydrogens is 144 g/mol. The van der Waals surface area contributed by atoms with E-state index in [4.69, 9.17) is 20.9 Å². The molecule has 1 saturated heterocycles. The van der Waals surface area contributed by atoms with Crippen molar-refractivity contribution in [3.63, 3.8) is 0 Å². The molecule has 4 nitrogen and oxygen atoms in total. The first kappa shape index (κ1) is 8.93. The van der Waals surface area contributed by atoms with E-state index in [1.807, 2.05) is 6.92 Å². The molecule has 1 heterocycles. The molecule has 0 radical (unpaired) electrons. The van der Waals surface area contributed by atoms with Crippen molar-refractivity contribution in [2.75, 3.05) is 13.2 Å². The fourth-order valence-electron chi connectivity index (χ4n) is 0.998. The molecule has 1 aliphatic rings. The Labute approximate surface area is 66.8 Å². The SMILES string of the molecule is CC(N)CC1OCC(N)CO1. The Kier molecular flexibility index (Phi) is 3.26. The molecule has 1 fully saturated rings. The van der Waals surface area contributed by atoms with E-state index in [1.165, 1.54) is 0 Å². The molecule has 1 aliphatic heterocycles. The van der Waals surface area contributed by atoms with Gasteiger partial charge in [-0.3, -0.25) is 0 Å². The molecule has 0 aromatic heterocycles. The fourth-order valence-corrected chi connectivity index (χ4v) is 0.998. The van der Waals surface area contributed by atoms with Crippen molar-refractivity contribution in [1.29, 1.82) is 0 Å². The summed E-state index contributed by atoms with van der Waals surface area (Å²) in [6, 6.07) is 0.147. The van der Waals surface area contributed by atoms with Gasteiger partial charge in [0.15, 0.2) is 6.29 Å². The van der Waals surface area contributed by atoms with Crippen LogP contribution in [-0.4, -0.2) is 31.6 Å². The first-order valence-electron chi connectivity index (χ1n) is 3.93. The van der Waals surface area contributed by atoms with E-state index in [2.05, 4.69) is 0 Å². The molecule has 0 spiro atoms. The third kappa shape index (κ3) is 3.16. The summed E-state index contributed by atoms with van der Waals surface area (Å²) in [5.41, 5.74) is 11.1. The maximum atomic E-state index is 5.57. The van der Waals surface area contributed by atoms with E-state index >= 15 is 0 Å². The van der Waals surface area contributed by atoms with Gasteiger partial charge in [0.2, 0.25) is 0 Å². The number of ether oxygens (including phenoxy) is 2. The van der Waals surface area contributed by atoms with E-state index in [0.717, 1.165) is 6.42 Å². The molecule has 1 rings (SSSR count). The minimum Gasteiger partial charge on any atom is -0.351 e. The lowest BCUT2D eigenvalue weighted by atomic mass is 10.2. The van der Waals surface area contributed by atoms with Crippen LogP contribution < -0.4 is 11.5 Å². The molecule has 66 valence electrons. The van der Waals surface area contributed by atoms with Crippen molar-refractivity contribution in [2.24, 2.45) is 11.5 Å². The van der Waals surface area contributed by atoms with E-state index in [-0.39, 0.29) is 18.4 Å². The predicted molar refractivity (Wildman–Crippen MR) is 41.9 cm³/mol. The molecule has 1 unspecified atom stereocenters. The molecule has 0 bridgehead atoms. The van der Waals surface area contributed by atoms with Crippen LogP contribution in [-0.2, 0) is 9.47 Å². The van der Waals surface area contributed by atoms with Crippen LogP contribution in [0.4, 0.5) is 0 Å². The molecule has 4 heteroatoms. The van der Waals surface area contributed by atoms with Crippen LogP contribution in [0.1, 0.15) is 13.3 Å². The highest BCUT2D eigenvalue weighted by Crippen LogP contribution is 2.08. The van der Waals surface area contributed by atoms with Gasteiger partial charge in [-0.2, -0.15) is 0 Å². The summed E-state index contributed by atoms with van der Waals surface area (Å²) in [6.45, 7) is 3.09. The Balaban J connectivity index is 2.17. The Hall–Kier alpha value is -0.160. The Bertz CT molecular complexity index is 111. The Morgan fingerprint density at radius 2 is 2.00 bits per heavy atom. The van der Waals surface area contributed by atoms with Gasteiger partial charge in [-0.25, -0.2) is 0 Å². The third-order valence-corrected chi connectivity index (χ3v) is 1.56. The van der Waals surface area contributed by atoms with Gasteiger partial charge in [0.05, 0.1) is 19.3 Å². The van der Waals surface area contributed by atoms with Crippen LogP contribution >= 0.6 is 0 Å². The van der Waals surface area contributed by atoms with Gasteiger partial charge in [0.25, 0.3) is 0 Å². The first-order valence-corrected chi connectivity index (χ1v) is 3.93. The summed E-state index contributed by atoms with van der Waals surface area (Å²) < 4.78 is 10.5. The summed E-state index contributed by atoms with van der Waals surface area (Å²) in [6.07, 6.45) is 0.599. The van der Waals surface area contributed by atoms with Crippen LogP contribution in [0, 0.1) is 0 Å². The number of hydrogen-bond acceptors (Lipinski definition) is 4. The Morgan fingerprint density at radius 1 is 1.45 bits per heavy atom. The minimum absolute atomic E-state index is 0.0272. The van der Waals surface area contributed by atoms with Crippen LogP contribution in [0.2, 0.25) is 0 Å². The third-order valence-electron chi connectivity index (χ3n) is 1.56. The second kappa shape index (κ2) is 4.01. The maximum Gasteiger partial charge on any atom is 0.159 e. The van der Waals surface area contributed by atoms with Crippen LogP contribution in [0.5, 0.6) is 0 Å². The quantitative estimate of drug-likeness (QED) is 0.567. The highest BCUT2D eigenvalue weighted by Gasteiger charge is 2.19. The molecular formula is C7H16N2O2. The van der Waals surface area contributed by atoms with Gasteiger partial charge in [0, 0.05) is 12.5 Å². The van der Waals surface area contributed by atoms with Crippen LogP contribution in [0.15, 0.2) is 0 Å². The van der Waals surface area contributed by atoms with Crippen molar-refractivity contribution in [3.8, 4) is 0 Å². The second-order valence-electron chi connectivity index (χ2n) is 3.07. The molecule has 11 heavy (non-hydrogen) atoms. The zero-order valence-electron chi connectivity index (χ0n) is 6.82. The van der Waals surface area contributed by atoms with E-state index in [1.54, 1.807) is 0 Å². The normalized spacial score (nSPS) is 35.2. The molecule has 0 aliphatic carbocycles. The number of hydrogen-bond donors (Lipinski definition) is 2. The number of nitrogens with two attached hydrogens (primary N) is 2. The molecule has 0 aromatic rings. The Morgan fingerprint density at radius 3 is 2.45 bits per heavy atom. The van der Waals surface area contributed by atoms with Crippen molar-refractivity contribution >= 4 is 0 Å². The predicted octanol–water partition coefficient (Wildman–Crippen LogP) is -0.576. The summed E-state index contributed by atoms with van der Waals surface area (Å²) >= 11 is 0. The number of rotatable bonds is 2. The van der Waals surface area contributed by atoms with Gasteiger partial charge >= 0.3 is 0 Å². The summed E-state index contributed by atoms with van der Waals surface area (Å²) in [5.74, 6) is 0. The van der Waals surface area contributed by atoms with Gasteiger partial charge in [-0.15, -0.1) is 0 Å².